The van der Waals surface area contributed by atoms with Crippen molar-refractivity contribution in [1.82, 2.24) is 9.62 Å². The second-order valence-electron chi connectivity index (χ2n) is 5.44. The zero-order chi connectivity index (χ0) is 12.5. The molecule has 17 heavy (non-hydrogen) atoms. The lowest BCUT2D eigenvalue weighted by Gasteiger charge is -2.39. The molecule has 6 heteroatoms. The van der Waals surface area contributed by atoms with E-state index < -0.39 is 10.0 Å². The van der Waals surface area contributed by atoms with Crippen LogP contribution in [0, 0.1) is 0 Å². The van der Waals surface area contributed by atoms with Crippen LogP contribution in [0.5, 0.6) is 0 Å². The van der Waals surface area contributed by atoms with Gasteiger partial charge in [-0.15, -0.1) is 0 Å². The van der Waals surface area contributed by atoms with Gasteiger partial charge in [0.1, 0.15) is 0 Å². The summed E-state index contributed by atoms with van der Waals surface area (Å²) in [4.78, 5) is 0. The van der Waals surface area contributed by atoms with Gasteiger partial charge in [0, 0.05) is 13.1 Å². The van der Waals surface area contributed by atoms with E-state index in [1.807, 2.05) is 13.8 Å². The molecule has 0 aromatic rings. The van der Waals surface area contributed by atoms with Gasteiger partial charge in [-0.1, -0.05) is 0 Å². The third kappa shape index (κ3) is 2.99. The Morgan fingerprint density at radius 2 is 1.94 bits per heavy atom. The molecule has 2 aliphatic heterocycles. The fourth-order valence-corrected chi connectivity index (χ4v) is 4.57. The van der Waals surface area contributed by atoms with Crippen LogP contribution in [0.25, 0.3) is 0 Å². The molecule has 0 radical (unpaired) electrons. The van der Waals surface area contributed by atoms with Gasteiger partial charge in [0.15, 0.2) is 0 Å². The van der Waals surface area contributed by atoms with E-state index in [1.54, 1.807) is 4.31 Å². The first-order valence-corrected chi connectivity index (χ1v) is 7.76. The zero-order valence-electron chi connectivity index (χ0n) is 10.6. The summed E-state index contributed by atoms with van der Waals surface area (Å²) in [7, 11) is -3.14. The highest BCUT2D eigenvalue weighted by atomic mass is 32.2. The Balaban J connectivity index is 2.09. The number of rotatable bonds is 2. The standard InChI is InChI=1S/C11H22N2O3S/c1-11(2)9-13(7-8-16-11)17(14,15)10-3-5-12-6-4-10/h10,12H,3-9H2,1-2H3. The smallest absolute Gasteiger partial charge is 0.217 e. The van der Waals surface area contributed by atoms with E-state index in [1.165, 1.54) is 0 Å². The Labute approximate surface area is 104 Å². The van der Waals surface area contributed by atoms with Crippen LogP contribution in [0.15, 0.2) is 0 Å². The Morgan fingerprint density at radius 3 is 2.53 bits per heavy atom. The normalized spacial score (nSPS) is 28.1. The van der Waals surface area contributed by atoms with Gasteiger partial charge in [-0.05, 0) is 39.8 Å². The molecule has 2 aliphatic rings. The molecule has 0 unspecified atom stereocenters. The highest BCUT2D eigenvalue weighted by molar-refractivity contribution is 7.89. The van der Waals surface area contributed by atoms with Crippen molar-refractivity contribution in [2.24, 2.45) is 0 Å². The lowest BCUT2D eigenvalue weighted by molar-refractivity contribution is -0.0642. The van der Waals surface area contributed by atoms with E-state index >= 15 is 0 Å². The Morgan fingerprint density at radius 1 is 1.29 bits per heavy atom. The minimum atomic E-state index is -3.14. The van der Waals surface area contributed by atoms with Gasteiger partial charge in [0.25, 0.3) is 0 Å². The molecule has 2 heterocycles. The zero-order valence-corrected chi connectivity index (χ0v) is 11.4. The van der Waals surface area contributed by atoms with Crippen LogP contribution in [0.4, 0.5) is 0 Å². The van der Waals surface area contributed by atoms with Gasteiger partial charge in [-0.3, -0.25) is 0 Å². The maximum absolute atomic E-state index is 12.5. The van der Waals surface area contributed by atoms with Crippen LogP contribution in [0.1, 0.15) is 26.7 Å². The molecule has 0 atom stereocenters. The van der Waals surface area contributed by atoms with Crippen LogP contribution < -0.4 is 5.32 Å². The van der Waals surface area contributed by atoms with Gasteiger partial charge >= 0.3 is 0 Å². The largest absolute Gasteiger partial charge is 0.373 e. The fraction of sp³-hybridized carbons (Fsp3) is 1.00. The van der Waals surface area contributed by atoms with Crippen molar-refractivity contribution in [2.45, 2.75) is 37.5 Å². The van der Waals surface area contributed by atoms with Crippen molar-refractivity contribution in [1.29, 1.82) is 0 Å². The molecule has 2 fully saturated rings. The quantitative estimate of drug-likeness (QED) is 0.771. The number of ether oxygens (including phenoxy) is 1. The van der Waals surface area contributed by atoms with E-state index in [9.17, 15) is 8.42 Å². The van der Waals surface area contributed by atoms with Gasteiger partial charge in [0.2, 0.25) is 10.0 Å². The molecule has 2 rings (SSSR count). The van der Waals surface area contributed by atoms with E-state index in [0.29, 0.717) is 19.7 Å². The average molecular weight is 262 g/mol. The summed E-state index contributed by atoms with van der Waals surface area (Å²) in [5.41, 5.74) is -0.363. The maximum atomic E-state index is 12.5. The van der Waals surface area contributed by atoms with Crippen LogP contribution in [-0.4, -0.2) is 56.4 Å². The molecule has 5 nitrogen and oxygen atoms in total. The summed E-state index contributed by atoms with van der Waals surface area (Å²) in [6.45, 7) is 6.95. The summed E-state index contributed by atoms with van der Waals surface area (Å²) in [5, 5.41) is 2.99. The third-order valence-electron chi connectivity index (χ3n) is 3.46. The number of piperidine rings is 1. The number of sulfonamides is 1. The molecule has 0 amide bonds. The molecule has 0 spiro atoms. The number of nitrogens with one attached hydrogen (secondary N) is 1. The number of hydrogen-bond donors (Lipinski definition) is 1. The highest BCUT2D eigenvalue weighted by Gasteiger charge is 2.38. The van der Waals surface area contributed by atoms with Crippen molar-refractivity contribution in [3.63, 3.8) is 0 Å². The summed E-state index contributed by atoms with van der Waals surface area (Å²) in [6, 6.07) is 0. The Bertz CT molecular complexity index is 361. The molecule has 100 valence electrons. The van der Waals surface area contributed by atoms with Crippen LogP contribution in [0.3, 0.4) is 0 Å². The van der Waals surface area contributed by atoms with Crippen molar-refractivity contribution in [2.75, 3.05) is 32.8 Å². The molecule has 0 aromatic carbocycles. The lowest BCUT2D eigenvalue weighted by atomic mass is 10.1. The second-order valence-corrected chi connectivity index (χ2v) is 7.65. The molecule has 0 aromatic heterocycles. The lowest BCUT2D eigenvalue weighted by Crippen LogP contribution is -2.54. The first-order chi connectivity index (χ1) is 7.92. The minimum absolute atomic E-state index is 0.211. The van der Waals surface area contributed by atoms with E-state index in [4.69, 9.17) is 4.74 Å². The van der Waals surface area contributed by atoms with Gasteiger partial charge in [-0.25, -0.2) is 8.42 Å². The van der Waals surface area contributed by atoms with Crippen LogP contribution in [0.2, 0.25) is 0 Å². The van der Waals surface area contributed by atoms with Gasteiger partial charge in [0.05, 0.1) is 17.5 Å². The molecular formula is C11H22N2O3S. The fourth-order valence-electron chi connectivity index (χ4n) is 2.49. The van der Waals surface area contributed by atoms with Crippen LogP contribution in [-0.2, 0) is 14.8 Å². The summed E-state index contributed by atoms with van der Waals surface area (Å²) in [5.74, 6) is 0. The first kappa shape index (κ1) is 13.3. The SMILES string of the molecule is CC1(C)CN(S(=O)(=O)C2CCNCC2)CCO1. The molecular weight excluding hydrogens is 240 g/mol. The van der Waals surface area contributed by atoms with Crippen molar-refractivity contribution in [3.05, 3.63) is 0 Å². The maximum Gasteiger partial charge on any atom is 0.217 e. The Hall–Kier alpha value is -0.170. The van der Waals surface area contributed by atoms with E-state index in [0.717, 1.165) is 25.9 Å². The van der Waals surface area contributed by atoms with E-state index in [2.05, 4.69) is 5.32 Å². The topological polar surface area (TPSA) is 58.6 Å². The van der Waals surface area contributed by atoms with E-state index in [-0.39, 0.29) is 10.9 Å². The molecule has 0 bridgehead atoms. The monoisotopic (exact) mass is 262 g/mol. The number of hydrogen-bond acceptors (Lipinski definition) is 4. The predicted octanol–water partition coefficient (Wildman–Crippen LogP) is 0.179. The molecule has 0 aliphatic carbocycles. The highest BCUT2D eigenvalue weighted by Crippen LogP contribution is 2.24. The third-order valence-corrected chi connectivity index (χ3v) is 5.80. The van der Waals surface area contributed by atoms with Crippen molar-refractivity contribution in [3.8, 4) is 0 Å². The predicted molar refractivity (Wildman–Crippen MR) is 66.4 cm³/mol. The summed E-state index contributed by atoms with van der Waals surface area (Å²) < 4.78 is 32.1. The van der Waals surface area contributed by atoms with Crippen LogP contribution >= 0.6 is 0 Å². The summed E-state index contributed by atoms with van der Waals surface area (Å²) >= 11 is 0. The van der Waals surface area contributed by atoms with Crippen molar-refractivity contribution >= 4 is 10.0 Å². The first-order valence-electron chi connectivity index (χ1n) is 6.25. The van der Waals surface area contributed by atoms with Gasteiger partial charge in [-0.2, -0.15) is 4.31 Å². The molecule has 1 N–H and O–H groups in total. The number of morpholine rings is 1. The Kier molecular flexibility index (Phi) is 3.77. The molecule has 0 saturated carbocycles. The minimum Gasteiger partial charge on any atom is -0.373 e. The van der Waals surface area contributed by atoms with Crippen molar-refractivity contribution < 1.29 is 13.2 Å². The number of nitrogens with zero attached hydrogens (tertiary/aromatic N) is 1. The summed E-state index contributed by atoms with van der Waals surface area (Å²) in [6.07, 6.45) is 1.44. The average Bonchev–Trinajstić information content (AvgIpc) is 2.29. The second kappa shape index (κ2) is 4.84. The molecule has 2 saturated heterocycles. The van der Waals surface area contributed by atoms with Gasteiger partial charge < -0.3 is 10.1 Å².